The molecule has 3 heteroatoms. The van der Waals surface area contributed by atoms with E-state index in [-0.39, 0.29) is 12.2 Å². The molecular weight excluding hydrogens is 428 g/mol. The number of hydrogen-bond donors (Lipinski definition) is 2. The summed E-state index contributed by atoms with van der Waals surface area (Å²) >= 11 is 0. The highest BCUT2D eigenvalue weighted by molar-refractivity contribution is 5.57. The van der Waals surface area contributed by atoms with E-state index < -0.39 is 0 Å². The molecule has 0 spiro atoms. The van der Waals surface area contributed by atoms with E-state index in [2.05, 4.69) is 100 Å². The fraction of sp³-hybridized carbons (Fsp3) is 0.250. The summed E-state index contributed by atoms with van der Waals surface area (Å²) in [6.07, 6.45) is 1.24. The van der Waals surface area contributed by atoms with Crippen LogP contribution in [0.5, 0.6) is 0 Å². The van der Waals surface area contributed by atoms with Gasteiger partial charge in [0.25, 0.3) is 0 Å². The first-order chi connectivity index (χ1) is 16.9. The predicted molar refractivity (Wildman–Crippen MR) is 148 cm³/mol. The number of nitrogen functional groups attached to an aromatic ring is 2. The second kappa shape index (κ2) is 10.8. The van der Waals surface area contributed by atoms with Crippen molar-refractivity contribution in [1.29, 1.82) is 0 Å². The van der Waals surface area contributed by atoms with Crippen molar-refractivity contribution in [1.82, 2.24) is 0 Å². The maximum absolute atomic E-state index is 7.15. The molecule has 0 saturated heterocycles. The van der Waals surface area contributed by atoms with Gasteiger partial charge in [0.2, 0.25) is 0 Å². The first-order valence-corrected chi connectivity index (χ1v) is 12.5. The first kappa shape index (κ1) is 24.6. The quantitative estimate of drug-likeness (QED) is 0.266. The Kier molecular flexibility index (Phi) is 7.57. The fourth-order valence-corrected chi connectivity index (χ4v) is 4.66. The smallest absolute Gasteiger partial charge is 0.109 e. The molecule has 3 nitrogen and oxygen atoms in total. The summed E-state index contributed by atoms with van der Waals surface area (Å²) in [6, 6.07) is 29.5. The van der Waals surface area contributed by atoms with Gasteiger partial charge in [0.05, 0.1) is 0 Å². The van der Waals surface area contributed by atoms with E-state index in [4.69, 9.17) is 16.2 Å². The number of rotatable bonds is 8. The molecule has 0 heterocycles. The van der Waals surface area contributed by atoms with E-state index >= 15 is 0 Å². The summed E-state index contributed by atoms with van der Waals surface area (Å²) in [6.45, 7) is 8.48. The molecule has 0 aliphatic heterocycles. The van der Waals surface area contributed by atoms with E-state index in [9.17, 15) is 0 Å². The van der Waals surface area contributed by atoms with Crippen LogP contribution in [-0.2, 0) is 17.6 Å². The molecule has 4 rings (SSSR count). The molecule has 0 saturated carbocycles. The van der Waals surface area contributed by atoms with Gasteiger partial charge in [-0.1, -0.05) is 86.6 Å². The van der Waals surface area contributed by atoms with Crippen molar-refractivity contribution in [3.8, 4) is 0 Å². The van der Waals surface area contributed by atoms with Gasteiger partial charge < -0.3 is 16.2 Å². The molecule has 0 aliphatic carbocycles. The maximum atomic E-state index is 7.15. The normalized spacial score (nSPS) is 12.9. The summed E-state index contributed by atoms with van der Waals surface area (Å²) in [5.41, 5.74) is 23.5. The van der Waals surface area contributed by atoms with Crippen LogP contribution in [0.4, 0.5) is 11.4 Å². The highest BCUT2D eigenvalue weighted by atomic mass is 16.5. The molecule has 0 aliphatic rings. The number of anilines is 2. The largest absolute Gasteiger partial charge is 0.398 e. The Bertz CT molecular complexity index is 1180. The number of hydrogen-bond acceptors (Lipinski definition) is 3. The Hall–Kier alpha value is -3.56. The molecule has 0 amide bonds. The maximum Gasteiger partial charge on any atom is 0.109 e. The molecule has 35 heavy (non-hydrogen) atoms. The van der Waals surface area contributed by atoms with Crippen LogP contribution in [-0.4, -0.2) is 0 Å². The lowest BCUT2D eigenvalue weighted by molar-refractivity contribution is 0.0302. The Morgan fingerprint density at radius 1 is 0.600 bits per heavy atom. The average molecular weight is 465 g/mol. The Morgan fingerprint density at radius 3 is 1.31 bits per heavy atom. The third-order valence-electron chi connectivity index (χ3n) is 6.95. The molecule has 4 aromatic carbocycles. The summed E-state index contributed by atoms with van der Waals surface area (Å²) in [5.74, 6) is 0. The van der Waals surface area contributed by atoms with Gasteiger partial charge in [-0.15, -0.1) is 0 Å². The molecule has 0 aromatic heterocycles. The third kappa shape index (κ3) is 5.26. The van der Waals surface area contributed by atoms with Gasteiger partial charge >= 0.3 is 0 Å². The predicted octanol–water partition coefficient (Wildman–Crippen LogP) is 7.49. The van der Waals surface area contributed by atoms with Gasteiger partial charge in [-0.05, 0) is 83.3 Å². The standard InChI is InChI=1S/C32H36N2O/c1-5-23-17-27(21(3)29(33)19-23)31(25-13-9-7-10-14-25)35-32(26-15-11-8-12-16-26)28-18-24(6-2)20-30(34)22(28)4/h7-20,31-32H,5-6,33-34H2,1-4H3. The molecule has 2 atom stereocenters. The summed E-state index contributed by atoms with van der Waals surface area (Å²) < 4.78 is 7.15. The molecular formula is C32H36N2O. The molecule has 0 radical (unpaired) electrons. The minimum atomic E-state index is -0.291. The van der Waals surface area contributed by atoms with Gasteiger partial charge in [-0.2, -0.15) is 0 Å². The van der Waals surface area contributed by atoms with Crippen molar-refractivity contribution < 1.29 is 4.74 Å². The van der Waals surface area contributed by atoms with E-state index in [0.29, 0.717) is 0 Å². The van der Waals surface area contributed by atoms with Crippen molar-refractivity contribution in [2.75, 3.05) is 11.5 Å². The molecule has 4 aromatic rings. The van der Waals surface area contributed by atoms with Gasteiger partial charge in [0.1, 0.15) is 12.2 Å². The zero-order chi connectivity index (χ0) is 24.9. The first-order valence-electron chi connectivity index (χ1n) is 12.5. The Morgan fingerprint density at radius 2 is 0.971 bits per heavy atom. The third-order valence-corrected chi connectivity index (χ3v) is 6.95. The number of aryl methyl sites for hydroxylation is 2. The van der Waals surface area contributed by atoms with E-state index in [1.807, 2.05) is 12.1 Å². The molecule has 2 unspecified atom stereocenters. The van der Waals surface area contributed by atoms with Gasteiger partial charge in [0, 0.05) is 11.4 Å². The lowest BCUT2D eigenvalue weighted by atomic mass is 9.91. The second-order valence-electron chi connectivity index (χ2n) is 9.22. The van der Waals surface area contributed by atoms with Crippen LogP contribution < -0.4 is 11.5 Å². The van der Waals surface area contributed by atoms with Crippen molar-refractivity contribution >= 4 is 11.4 Å². The number of nitrogens with two attached hydrogens (primary N) is 2. The monoisotopic (exact) mass is 464 g/mol. The minimum absolute atomic E-state index is 0.291. The van der Waals surface area contributed by atoms with Crippen molar-refractivity contribution in [3.63, 3.8) is 0 Å². The van der Waals surface area contributed by atoms with Crippen molar-refractivity contribution in [2.24, 2.45) is 0 Å². The highest BCUT2D eigenvalue weighted by Gasteiger charge is 2.27. The number of benzene rings is 4. The highest BCUT2D eigenvalue weighted by Crippen LogP contribution is 2.40. The Labute approximate surface area is 209 Å². The van der Waals surface area contributed by atoms with Gasteiger partial charge in [0.15, 0.2) is 0 Å². The van der Waals surface area contributed by atoms with Gasteiger partial charge in [-0.3, -0.25) is 0 Å². The molecule has 0 fully saturated rings. The number of ether oxygens (including phenoxy) is 1. The van der Waals surface area contributed by atoms with Crippen LogP contribution in [0.15, 0.2) is 84.9 Å². The molecule has 4 N–H and O–H groups in total. The molecule has 0 bridgehead atoms. The van der Waals surface area contributed by atoms with Gasteiger partial charge in [-0.25, -0.2) is 0 Å². The SMILES string of the molecule is CCc1cc(N)c(C)c(C(OC(c2ccccc2)c2cc(CC)cc(N)c2C)c2ccccc2)c1. The summed E-state index contributed by atoms with van der Waals surface area (Å²) in [5, 5.41) is 0. The minimum Gasteiger partial charge on any atom is -0.398 e. The summed E-state index contributed by atoms with van der Waals surface area (Å²) in [7, 11) is 0. The second-order valence-corrected chi connectivity index (χ2v) is 9.22. The van der Waals surface area contributed by atoms with Crippen molar-refractivity contribution in [2.45, 2.75) is 52.7 Å². The Balaban J connectivity index is 1.92. The van der Waals surface area contributed by atoms with E-state index in [0.717, 1.165) is 57.6 Å². The zero-order valence-corrected chi connectivity index (χ0v) is 21.2. The zero-order valence-electron chi connectivity index (χ0n) is 21.2. The van der Waals surface area contributed by atoms with E-state index in [1.165, 1.54) is 11.1 Å². The topological polar surface area (TPSA) is 61.3 Å². The lowest BCUT2D eigenvalue weighted by Crippen LogP contribution is -2.16. The van der Waals surface area contributed by atoms with Crippen LogP contribution in [0.3, 0.4) is 0 Å². The average Bonchev–Trinajstić information content (AvgIpc) is 2.89. The van der Waals surface area contributed by atoms with Crippen LogP contribution in [0, 0.1) is 13.8 Å². The summed E-state index contributed by atoms with van der Waals surface area (Å²) in [4.78, 5) is 0. The van der Waals surface area contributed by atoms with Crippen LogP contribution in [0.2, 0.25) is 0 Å². The van der Waals surface area contributed by atoms with Crippen LogP contribution >= 0.6 is 0 Å². The van der Waals surface area contributed by atoms with E-state index in [1.54, 1.807) is 0 Å². The van der Waals surface area contributed by atoms with Crippen LogP contribution in [0.25, 0.3) is 0 Å². The van der Waals surface area contributed by atoms with Crippen LogP contribution in [0.1, 0.15) is 70.6 Å². The fourth-order valence-electron chi connectivity index (χ4n) is 4.66. The lowest BCUT2D eigenvalue weighted by Gasteiger charge is -2.30. The van der Waals surface area contributed by atoms with Crippen molar-refractivity contribution in [3.05, 3.63) is 129 Å². The molecule has 180 valence electrons.